The number of carbonyl (C=O) groups is 1. The third kappa shape index (κ3) is 3.73. The van der Waals surface area contributed by atoms with Crippen molar-refractivity contribution in [2.75, 3.05) is 25.9 Å². The van der Waals surface area contributed by atoms with E-state index >= 15 is 0 Å². The Kier molecular flexibility index (Phi) is 5.73. The Balaban J connectivity index is 1.59. The number of thioether (sulfide) groups is 1. The Morgan fingerprint density at radius 1 is 1.46 bits per heavy atom. The van der Waals surface area contributed by atoms with E-state index < -0.39 is 0 Å². The van der Waals surface area contributed by atoms with E-state index in [1.807, 2.05) is 11.9 Å². The zero-order valence-corrected chi connectivity index (χ0v) is 16.1. The molecule has 24 heavy (non-hydrogen) atoms. The first kappa shape index (κ1) is 17.6. The van der Waals surface area contributed by atoms with Crippen LogP contribution in [0.5, 0.6) is 0 Å². The van der Waals surface area contributed by atoms with Crippen LogP contribution in [0.4, 0.5) is 0 Å². The molecule has 0 aromatic carbocycles. The highest BCUT2D eigenvalue weighted by Gasteiger charge is 2.22. The van der Waals surface area contributed by atoms with E-state index in [9.17, 15) is 4.79 Å². The van der Waals surface area contributed by atoms with Crippen LogP contribution in [0.2, 0.25) is 0 Å². The minimum absolute atomic E-state index is 0.256. The number of piperidine rings is 1. The molecule has 0 aliphatic carbocycles. The van der Waals surface area contributed by atoms with E-state index in [0.717, 1.165) is 46.9 Å². The van der Waals surface area contributed by atoms with Crippen LogP contribution in [-0.2, 0) is 4.79 Å². The van der Waals surface area contributed by atoms with Gasteiger partial charge < -0.3 is 10.2 Å². The van der Waals surface area contributed by atoms with Crippen LogP contribution >= 0.6 is 23.1 Å². The largest absolute Gasteiger partial charge is 0.341 e. The lowest BCUT2D eigenvalue weighted by Crippen LogP contribution is -2.47. The van der Waals surface area contributed by atoms with Crippen molar-refractivity contribution in [3.05, 3.63) is 16.8 Å². The number of rotatable bonds is 5. The summed E-state index contributed by atoms with van der Waals surface area (Å²) in [5, 5.41) is 5.44. The molecule has 0 spiro atoms. The van der Waals surface area contributed by atoms with E-state index in [0.29, 0.717) is 12.5 Å². The Morgan fingerprint density at radius 2 is 2.29 bits per heavy atom. The molecule has 1 aliphatic rings. The van der Waals surface area contributed by atoms with Crippen LogP contribution in [-0.4, -0.2) is 52.7 Å². The fraction of sp³-hybridized carbons (Fsp3) is 0.588. The lowest BCUT2D eigenvalue weighted by atomic mass is 10.1. The van der Waals surface area contributed by atoms with Crippen LogP contribution in [0, 0.1) is 13.8 Å². The van der Waals surface area contributed by atoms with Gasteiger partial charge in [0.1, 0.15) is 16.2 Å². The molecule has 1 atom stereocenters. The van der Waals surface area contributed by atoms with Gasteiger partial charge in [0.25, 0.3) is 0 Å². The Morgan fingerprint density at radius 3 is 3.08 bits per heavy atom. The highest BCUT2D eigenvalue weighted by molar-refractivity contribution is 7.99. The molecule has 2 aromatic heterocycles. The van der Waals surface area contributed by atoms with E-state index in [-0.39, 0.29) is 5.91 Å². The molecule has 130 valence electrons. The monoisotopic (exact) mass is 364 g/mol. The van der Waals surface area contributed by atoms with E-state index in [2.05, 4.69) is 29.1 Å². The lowest BCUT2D eigenvalue weighted by molar-refractivity contribution is -0.132. The van der Waals surface area contributed by atoms with Crippen LogP contribution in [0.1, 0.15) is 29.7 Å². The fourth-order valence-corrected chi connectivity index (χ4v) is 5.14. The highest BCUT2D eigenvalue weighted by Crippen LogP contribution is 2.34. The predicted octanol–water partition coefficient (Wildman–Crippen LogP) is 3.00. The summed E-state index contributed by atoms with van der Waals surface area (Å²) in [4.78, 5) is 25.6. The van der Waals surface area contributed by atoms with E-state index in [1.54, 1.807) is 29.4 Å². The maximum absolute atomic E-state index is 12.4. The summed E-state index contributed by atoms with van der Waals surface area (Å²) in [6, 6.07) is 0.438. The van der Waals surface area contributed by atoms with Gasteiger partial charge in [0.2, 0.25) is 5.91 Å². The fourth-order valence-electron chi connectivity index (χ4n) is 3.09. The Hall–Kier alpha value is -1.18. The standard InChI is InChI=1S/C17H24N4OS2/c1-11-12(2)24-17-15(11)16(19-10-20-17)23-8-6-14(22)21-7-4-5-13(9-21)18-3/h10,13,18H,4-9H2,1-3H3. The number of carbonyl (C=O) groups excluding carboxylic acids is 1. The maximum Gasteiger partial charge on any atom is 0.223 e. The van der Waals surface area contributed by atoms with Crippen molar-refractivity contribution in [1.29, 1.82) is 0 Å². The molecule has 1 fully saturated rings. The van der Waals surface area contributed by atoms with Gasteiger partial charge in [-0.25, -0.2) is 9.97 Å². The molecule has 1 saturated heterocycles. The molecule has 2 aromatic rings. The molecular weight excluding hydrogens is 340 g/mol. The molecule has 0 saturated carbocycles. The minimum Gasteiger partial charge on any atom is -0.341 e. The van der Waals surface area contributed by atoms with Gasteiger partial charge in [-0.15, -0.1) is 23.1 Å². The van der Waals surface area contributed by atoms with Gasteiger partial charge in [0, 0.05) is 41.6 Å². The summed E-state index contributed by atoms with van der Waals surface area (Å²) in [7, 11) is 1.97. The second-order valence-electron chi connectivity index (χ2n) is 6.21. The van der Waals surface area contributed by atoms with Gasteiger partial charge in [-0.05, 0) is 39.3 Å². The van der Waals surface area contributed by atoms with Crippen molar-refractivity contribution in [2.45, 2.75) is 44.2 Å². The third-order valence-electron chi connectivity index (χ3n) is 4.67. The van der Waals surface area contributed by atoms with E-state index in [1.165, 1.54) is 10.4 Å². The molecule has 3 heterocycles. The number of thiophene rings is 1. The zero-order chi connectivity index (χ0) is 17.1. The molecule has 1 N–H and O–H groups in total. The molecule has 1 aliphatic heterocycles. The number of likely N-dealkylation sites (N-methyl/N-ethyl adjacent to an activating group) is 1. The quantitative estimate of drug-likeness (QED) is 0.653. The number of hydrogen-bond donors (Lipinski definition) is 1. The lowest BCUT2D eigenvalue weighted by Gasteiger charge is -2.32. The molecule has 7 heteroatoms. The minimum atomic E-state index is 0.256. The zero-order valence-electron chi connectivity index (χ0n) is 14.5. The summed E-state index contributed by atoms with van der Waals surface area (Å²) >= 11 is 3.38. The number of nitrogens with one attached hydrogen (secondary N) is 1. The van der Waals surface area contributed by atoms with Crippen LogP contribution in [0.15, 0.2) is 11.4 Å². The molecular formula is C17H24N4OS2. The van der Waals surface area contributed by atoms with E-state index in [4.69, 9.17) is 0 Å². The molecule has 0 bridgehead atoms. The SMILES string of the molecule is CNC1CCCN(C(=O)CCSc2ncnc3sc(C)c(C)c23)C1. The number of fused-ring (bicyclic) bond motifs is 1. The first-order valence-electron chi connectivity index (χ1n) is 8.38. The predicted molar refractivity (Wildman–Crippen MR) is 101 cm³/mol. The number of aromatic nitrogens is 2. The second kappa shape index (κ2) is 7.80. The third-order valence-corrected chi connectivity index (χ3v) is 6.77. The summed E-state index contributed by atoms with van der Waals surface area (Å²) in [6.07, 6.45) is 4.44. The van der Waals surface area contributed by atoms with Crippen molar-refractivity contribution in [2.24, 2.45) is 0 Å². The Bertz CT molecular complexity index is 731. The smallest absolute Gasteiger partial charge is 0.223 e. The number of amides is 1. The topological polar surface area (TPSA) is 58.1 Å². The molecule has 5 nitrogen and oxygen atoms in total. The van der Waals surface area contributed by atoms with Crippen LogP contribution < -0.4 is 5.32 Å². The number of nitrogens with zero attached hydrogens (tertiary/aromatic N) is 3. The van der Waals surface area contributed by atoms with Gasteiger partial charge in [0.15, 0.2) is 0 Å². The average Bonchev–Trinajstić information content (AvgIpc) is 2.90. The molecule has 1 unspecified atom stereocenters. The van der Waals surface area contributed by atoms with Crippen molar-refractivity contribution in [3.63, 3.8) is 0 Å². The van der Waals surface area contributed by atoms with Gasteiger partial charge in [-0.1, -0.05) is 0 Å². The number of aryl methyl sites for hydroxylation is 2. The van der Waals surface area contributed by atoms with Crippen molar-refractivity contribution < 1.29 is 4.79 Å². The molecule has 1 amide bonds. The highest BCUT2D eigenvalue weighted by atomic mass is 32.2. The molecule has 3 rings (SSSR count). The average molecular weight is 365 g/mol. The van der Waals surface area contributed by atoms with Crippen molar-refractivity contribution in [3.8, 4) is 0 Å². The summed E-state index contributed by atoms with van der Waals surface area (Å²) in [5.74, 6) is 1.02. The summed E-state index contributed by atoms with van der Waals surface area (Å²) < 4.78 is 0. The van der Waals surface area contributed by atoms with Crippen LogP contribution in [0.3, 0.4) is 0 Å². The Labute approximate surface area is 151 Å². The van der Waals surface area contributed by atoms with Gasteiger partial charge in [0.05, 0.1) is 0 Å². The molecule has 0 radical (unpaired) electrons. The second-order valence-corrected chi connectivity index (χ2v) is 8.50. The number of hydrogen-bond acceptors (Lipinski definition) is 6. The maximum atomic E-state index is 12.4. The van der Waals surface area contributed by atoms with Gasteiger partial charge in [-0.2, -0.15) is 0 Å². The summed E-state index contributed by atoms with van der Waals surface area (Å²) in [6.45, 7) is 5.97. The van der Waals surface area contributed by atoms with Gasteiger partial charge in [-0.3, -0.25) is 4.79 Å². The normalized spacial score (nSPS) is 18.3. The van der Waals surface area contributed by atoms with Crippen molar-refractivity contribution in [1.82, 2.24) is 20.2 Å². The number of likely N-dealkylation sites (tertiary alicyclic amines) is 1. The van der Waals surface area contributed by atoms with Crippen molar-refractivity contribution >= 4 is 39.2 Å². The van der Waals surface area contributed by atoms with Crippen LogP contribution in [0.25, 0.3) is 10.2 Å². The van der Waals surface area contributed by atoms with Gasteiger partial charge >= 0.3 is 0 Å². The first-order chi connectivity index (χ1) is 11.6. The first-order valence-corrected chi connectivity index (χ1v) is 10.2. The summed E-state index contributed by atoms with van der Waals surface area (Å²) in [5.41, 5.74) is 1.26.